The van der Waals surface area contributed by atoms with Crippen molar-refractivity contribution in [3.8, 4) is 5.75 Å². The monoisotopic (exact) mass is 358 g/mol. The summed E-state index contributed by atoms with van der Waals surface area (Å²) in [7, 11) is 0. The fraction of sp³-hybridized carbons (Fsp3) is 0.619. The van der Waals surface area contributed by atoms with Crippen LogP contribution < -0.4 is 4.74 Å². The maximum absolute atomic E-state index is 12.5. The number of nitrogens with zero attached hydrogens (tertiary/aromatic N) is 2. The Morgan fingerprint density at radius 2 is 1.88 bits per heavy atom. The topological polar surface area (TPSA) is 49.9 Å². The molecule has 0 spiro atoms. The molecule has 0 radical (unpaired) electrons. The van der Waals surface area contributed by atoms with E-state index in [0.29, 0.717) is 24.8 Å². The van der Waals surface area contributed by atoms with Gasteiger partial charge in [0.15, 0.2) is 0 Å². The first-order valence-electron chi connectivity index (χ1n) is 9.96. The van der Waals surface area contributed by atoms with Gasteiger partial charge in [0.1, 0.15) is 5.75 Å². The normalized spacial score (nSPS) is 18.4. The minimum absolute atomic E-state index is 0.225. The third-order valence-electron chi connectivity index (χ3n) is 5.39. The summed E-state index contributed by atoms with van der Waals surface area (Å²) >= 11 is 0. The molecule has 0 bridgehead atoms. The summed E-state index contributed by atoms with van der Waals surface area (Å²) in [6, 6.07) is 8.39. The molecule has 1 aromatic rings. The van der Waals surface area contributed by atoms with Crippen molar-refractivity contribution >= 4 is 11.8 Å². The minimum atomic E-state index is 0.225. The van der Waals surface area contributed by atoms with Gasteiger partial charge in [0.25, 0.3) is 0 Å². The predicted molar refractivity (Wildman–Crippen MR) is 101 cm³/mol. The molecule has 0 unspecified atom stereocenters. The molecular weight excluding hydrogens is 328 g/mol. The van der Waals surface area contributed by atoms with Crippen LogP contribution in [0.15, 0.2) is 24.3 Å². The van der Waals surface area contributed by atoms with E-state index >= 15 is 0 Å². The fourth-order valence-corrected chi connectivity index (χ4v) is 3.86. The van der Waals surface area contributed by atoms with Gasteiger partial charge in [-0.1, -0.05) is 19.1 Å². The van der Waals surface area contributed by atoms with Crippen LogP contribution in [-0.2, 0) is 16.0 Å². The van der Waals surface area contributed by atoms with Crippen molar-refractivity contribution < 1.29 is 14.3 Å². The molecular formula is C21H30N2O3. The second kappa shape index (κ2) is 9.06. The number of piperidine rings is 1. The fourth-order valence-electron chi connectivity index (χ4n) is 3.86. The first-order valence-corrected chi connectivity index (χ1v) is 9.96. The number of rotatable bonds is 7. The molecule has 2 saturated heterocycles. The molecule has 0 N–H and O–H groups in total. The Kier molecular flexibility index (Phi) is 6.53. The molecule has 2 heterocycles. The van der Waals surface area contributed by atoms with Crippen LogP contribution in [0.25, 0.3) is 0 Å². The van der Waals surface area contributed by atoms with Crippen LogP contribution in [0.3, 0.4) is 0 Å². The van der Waals surface area contributed by atoms with Crippen LogP contribution in [0, 0.1) is 0 Å². The van der Waals surface area contributed by atoms with Crippen LogP contribution in [0.4, 0.5) is 0 Å². The van der Waals surface area contributed by atoms with Crippen molar-refractivity contribution in [3.63, 3.8) is 0 Å². The quantitative estimate of drug-likeness (QED) is 0.753. The van der Waals surface area contributed by atoms with E-state index in [1.54, 1.807) is 0 Å². The summed E-state index contributed by atoms with van der Waals surface area (Å²) in [5, 5.41) is 0. The number of hydrogen-bond donors (Lipinski definition) is 0. The molecule has 5 nitrogen and oxygen atoms in total. The second-order valence-electron chi connectivity index (χ2n) is 7.30. The van der Waals surface area contributed by atoms with E-state index in [4.69, 9.17) is 4.74 Å². The number of ether oxygens (including phenoxy) is 1. The van der Waals surface area contributed by atoms with Gasteiger partial charge in [0, 0.05) is 38.5 Å². The maximum atomic E-state index is 12.5. The molecule has 26 heavy (non-hydrogen) atoms. The van der Waals surface area contributed by atoms with Gasteiger partial charge in [-0.25, -0.2) is 0 Å². The van der Waals surface area contributed by atoms with E-state index in [-0.39, 0.29) is 5.91 Å². The first kappa shape index (κ1) is 18.7. The van der Waals surface area contributed by atoms with Crippen molar-refractivity contribution in [2.24, 2.45) is 0 Å². The van der Waals surface area contributed by atoms with Gasteiger partial charge in [-0.2, -0.15) is 0 Å². The molecule has 5 heteroatoms. The van der Waals surface area contributed by atoms with Gasteiger partial charge in [0.05, 0.1) is 6.61 Å². The zero-order valence-corrected chi connectivity index (χ0v) is 15.8. The predicted octanol–water partition coefficient (Wildman–Crippen LogP) is 3.02. The van der Waals surface area contributed by atoms with E-state index in [9.17, 15) is 9.59 Å². The molecule has 2 aliphatic rings. The van der Waals surface area contributed by atoms with Crippen LogP contribution in [0.5, 0.6) is 5.75 Å². The highest BCUT2D eigenvalue weighted by Gasteiger charge is 2.31. The van der Waals surface area contributed by atoms with E-state index in [2.05, 4.69) is 6.92 Å². The van der Waals surface area contributed by atoms with Crippen molar-refractivity contribution in [3.05, 3.63) is 29.8 Å². The van der Waals surface area contributed by atoms with Gasteiger partial charge < -0.3 is 14.5 Å². The number of aryl methyl sites for hydroxylation is 1. The summed E-state index contributed by atoms with van der Waals surface area (Å²) in [4.78, 5) is 28.4. The van der Waals surface area contributed by atoms with Crippen molar-refractivity contribution in [1.29, 1.82) is 0 Å². The summed E-state index contributed by atoms with van der Waals surface area (Å²) < 4.78 is 5.59. The smallest absolute Gasteiger partial charge is 0.222 e. The van der Waals surface area contributed by atoms with E-state index < -0.39 is 0 Å². The third kappa shape index (κ3) is 4.77. The van der Waals surface area contributed by atoms with Gasteiger partial charge in [-0.15, -0.1) is 0 Å². The van der Waals surface area contributed by atoms with E-state index in [1.165, 1.54) is 5.56 Å². The lowest BCUT2D eigenvalue weighted by molar-refractivity contribution is -0.134. The zero-order chi connectivity index (χ0) is 18.4. The molecule has 3 rings (SSSR count). The standard InChI is InChI=1S/C21H30N2O3/c1-2-16-26-19-8-5-17(6-9-19)7-10-20(24)22-14-11-18(12-15-22)23-13-3-4-21(23)25/h5-6,8-9,18H,2-4,7,10-16H2,1H3. The van der Waals surface area contributed by atoms with E-state index in [0.717, 1.165) is 64.1 Å². The highest BCUT2D eigenvalue weighted by atomic mass is 16.5. The molecule has 0 aliphatic carbocycles. The summed E-state index contributed by atoms with van der Waals surface area (Å²) in [6.07, 6.45) is 5.82. The Morgan fingerprint density at radius 1 is 1.15 bits per heavy atom. The summed E-state index contributed by atoms with van der Waals surface area (Å²) in [6.45, 7) is 5.27. The lowest BCUT2D eigenvalue weighted by Gasteiger charge is -2.36. The van der Waals surface area contributed by atoms with Crippen LogP contribution in [-0.4, -0.2) is 53.9 Å². The molecule has 1 aromatic carbocycles. The average Bonchev–Trinajstić information content (AvgIpc) is 3.11. The molecule has 142 valence electrons. The largest absolute Gasteiger partial charge is 0.494 e. The van der Waals surface area contributed by atoms with Gasteiger partial charge in [-0.3, -0.25) is 9.59 Å². The number of carbonyl (C=O) groups is 2. The number of likely N-dealkylation sites (tertiary alicyclic amines) is 2. The molecule has 2 fully saturated rings. The Balaban J connectivity index is 1.41. The Morgan fingerprint density at radius 3 is 2.50 bits per heavy atom. The molecule has 2 amide bonds. The molecule has 2 aliphatic heterocycles. The van der Waals surface area contributed by atoms with Gasteiger partial charge >= 0.3 is 0 Å². The van der Waals surface area contributed by atoms with Gasteiger partial charge in [-0.05, 0) is 49.8 Å². The lowest BCUT2D eigenvalue weighted by Crippen LogP contribution is -2.47. The third-order valence-corrected chi connectivity index (χ3v) is 5.39. The Hall–Kier alpha value is -2.04. The van der Waals surface area contributed by atoms with Gasteiger partial charge in [0.2, 0.25) is 11.8 Å². The highest BCUT2D eigenvalue weighted by molar-refractivity contribution is 5.79. The van der Waals surface area contributed by atoms with Crippen LogP contribution in [0.1, 0.15) is 51.0 Å². The lowest BCUT2D eigenvalue weighted by atomic mass is 10.0. The first-order chi connectivity index (χ1) is 12.7. The number of hydrogen-bond acceptors (Lipinski definition) is 3. The molecule has 0 aromatic heterocycles. The van der Waals surface area contributed by atoms with Crippen LogP contribution >= 0.6 is 0 Å². The van der Waals surface area contributed by atoms with E-state index in [1.807, 2.05) is 34.1 Å². The van der Waals surface area contributed by atoms with Crippen LogP contribution in [0.2, 0.25) is 0 Å². The van der Waals surface area contributed by atoms with Crippen molar-refractivity contribution in [1.82, 2.24) is 9.80 Å². The van der Waals surface area contributed by atoms with Crippen molar-refractivity contribution in [2.45, 2.75) is 57.9 Å². The second-order valence-corrected chi connectivity index (χ2v) is 7.30. The highest BCUT2D eigenvalue weighted by Crippen LogP contribution is 2.22. The van der Waals surface area contributed by atoms with Crippen molar-refractivity contribution in [2.75, 3.05) is 26.2 Å². The Labute approximate surface area is 156 Å². The zero-order valence-electron chi connectivity index (χ0n) is 15.8. The maximum Gasteiger partial charge on any atom is 0.222 e. The Bertz CT molecular complexity index is 606. The summed E-state index contributed by atoms with van der Waals surface area (Å²) in [5.74, 6) is 1.41. The minimum Gasteiger partial charge on any atom is -0.494 e. The number of benzene rings is 1. The average molecular weight is 358 g/mol. The SMILES string of the molecule is CCCOc1ccc(CCC(=O)N2CCC(N3CCCC3=O)CC2)cc1. The molecule has 0 atom stereocenters. The summed E-state index contributed by atoms with van der Waals surface area (Å²) in [5.41, 5.74) is 1.17. The number of carbonyl (C=O) groups excluding carboxylic acids is 2. The number of amides is 2. The molecule has 0 saturated carbocycles.